The van der Waals surface area contributed by atoms with Gasteiger partial charge < -0.3 is 14.3 Å². The number of unbranched alkanes of at least 4 members (excludes halogenated alkanes) is 6. The Morgan fingerprint density at radius 2 is 1.31 bits per heavy atom. The second-order valence-corrected chi connectivity index (χ2v) is 9.76. The standard InChI is InChI=1S/C20H42NO4P/c1-7-9-11-13-15-17(3)24-26(23,20(6)19(5)21-22)25-18(4)16-14-12-10-8-2/h17-18,20,22H,7-16H2,1-6H3. The van der Waals surface area contributed by atoms with Crippen molar-refractivity contribution in [2.24, 2.45) is 5.16 Å². The van der Waals surface area contributed by atoms with Crippen molar-refractivity contribution in [1.29, 1.82) is 0 Å². The van der Waals surface area contributed by atoms with Crippen molar-refractivity contribution in [3.8, 4) is 0 Å². The zero-order chi connectivity index (χ0) is 20.0. The third-order valence-corrected chi connectivity index (χ3v) is 7.45. The van der Waals surface area contributed by atoms with Crippen LogP contribution >= 0.6 is 7.60 Å². The predicted molar refractivity (Wildman–Crippen MR) is 111 cm³/mol. The van der Waals surface area contributed by atoms with Gasteiger partial charge in [-0.1, -0.05) is 70.4 Å². The second-order valence-electron chi connectivity index (χ2n) is 7.49. The van der Waals surface area contributed by atoms with Crippen molar-refractivity contribution in [3.63, 3.8) is 0 Å². The Morgan fingerprint density at radius 3 is 1.65 bits per heavy atom. The number of hydrogen-bond donors (Lipinski definition) is 1. The zero-order valence-electron chi connectivity index (χ0n) is 17.9. The van der Waals surface area contributed by atoms with Gasteiger partial charge in [0.15, 0.2) is 0 Å². The van der Waals surface area contributed by atoms with Gasteiger partial charge in [0.1, 0.15) is 0 Å². The summed E-state index contributed by atoms with van der Waals surface area (Å²) in [5, 5.41) is 12.3. The van der Waals surface area contributed by atoms with Gasteiger partial charge in [0.2, 0.25) is 0 Å². The summed E-state index contributed by atoms with van der Waals surface area (Å²) in [6.45, 7) is 11.7. The molecule has 5 nitrogen and oxygen atoms in total. The number of oxime groups is 1. The Kier molecular flexibility index (Phi) is 14.4. The monoisotopic (exact) mass is 391 g/mol. The summed E-state index contributed by atoms with van der Waals surface area (Å²) >= 11 is 0. The molecule has 1 N–H and O–H groups in total. The molecule has 26 heavy (non-hydrogen) atoms. The number of rotatable bonds is 16. The molecule has 0 aliphatic carbocycles. The Bertz CT molecular complexity index is 404. The van der Waals surface area contributed by atoms with Gasteiger partial charge in [0, 0.05) is 0 Å². The van der Waals surface area contributed by atoms with Gasteiger partial charge in [-0.2, -0.15) is 0 Å². The minimum atomic E-state index is -3.40. The minimum absolute atomic E-state index is 0.140. The smallest absolute Gasteiger partial charge is 0.339 e. The molecular formula is C20H42NO4P. The van der Waals surface area contributed by atoms with Crippen LogP contribution in [0.3, 0.4) is 0 Å². The van der Waals surface area contributed by atoms with Gasteiger partial charge in [-0.25, -0.2) is 0 Å². The van der Waals surface area contributed by atoms with Crippen LogP contribution < -0.4 is 0 Å². The van der Waals surface area contributed by atoms with Crippen molar-refractivity contribution in [2.75, 3.05) is 0 Å². The second kappa shape index (κ2) is 14.6. The van der Waals surface area contributed by atoms with E-state index in [0.717, 1.165) is 38.5 Å². The molecule has 0 radical (unpaired) electrons. The van der Waals surface area contributed by atoms with Gasteiger partial charge in [0.05, 0.1) is 23.6 Å². The first-order chi connectivity index (χ1) is 12.3. The van der Waals surface area contributed by atoms with Crippen molar-refractivity contribution in [1.82, 2.24) is 0 Å². The Hall–Kier alpha value is -0.380. The average molecular weight is 392 g/mol. The molecule has 0 bridgehead atoms. The van der Waals surface area contributed by atoms with E-state index >= 15 is 0 Å². The van der Waals surface area contributed by atoms with Gasteiger partial charge in [-0.05, 0) is 40.5 Å². The zero-order valence-corrected chi connectivity index (χ0v) is 18.8. The van der Waals surface area contributed by atoms with Crippen LogP contribution in [0.1, 0.15) is 106 Å². The fraction of sp³-hybridized carbons (Fsp3) is 0.950. The first-order valence-electron chi connectivity index (χ1n) is 10.5. The number of hydrogen-bond acceptors (Lipinski definition) is 5. The molecule has 0 fully saturated rings. The lowest BCUT2D eigenvalue weighted by atomic mass is 10.1. The predicted octanol–water partition coefficient (Wildman–Crippen LogP) is 7.17. The lowest BCUT2D eigenvalue weighted by Crippen LogP contribution is -2.23. The Labute approximate surface area is 161 Å². The van der Waals surface area contributed by atoms with Crippen LogP contribution in [0.25, 0.3) is 0 Å². The van der Waals surface area contributed by atoms with Crippen LogP contribution in [0, 0.1) is 0 Å². The lowest BCUT2D eigenvalue weighted by molar-refractivity contribution is 0.115. The molecule has 0 amide bonds. The molecule has 0 aromatic carbocycles. The van der Waals surface area contributed by atoms with Gasteiger partial charge in [-0.15, -0.1) is 0 Å². The van der Waals surface area contributed by atoms with Crippen molar-refractivity contribution in [3.05, 3.63) is 0 Å². The molecule has 0 spiro atoms. The molecule has 0 aliphatic rings. The summed E-state index contributed by atoms with van der Waals surface area (Å²) in [5.41, 5.74) is -0.173. The highest BCUT2D eigenvalue weighted by atomic mass is 31.2. The molecular weight excluding hydrogens is 349 g/mol. The lowest BCUT2D eigenvalue weighted by Gasteiger charge is -2.29. The van der Waals surface area contributed by atoms with Crippen molar-refractivity contribution in [2.45, 2.75) is 124 Å². The summed E-state index contributed by atoms with van der Waals surface area (Å²) in [6, 6.07) is 0. The van der Waals surface area contributed by atoms with E-state index in [0.29, 0.717) is 5.71 Å². The van der Waals surface area contributed by atoms with E-state index in [-0.39, 0.29) is 12.2 Å². The van der Waals surface area contributed by atoms with Crippen LogP contribution in [0.5, 0.6) is 0 Å². The summed E-state index contributed by atoms with van der Waals surface area (Å²) in [6.07, 6.45) is 10.7. The molecule has 3 unspecified atom stereocenters. The third-order valence-electron chi connectivity index (χ3n) is 4.82. The summed E-state index contributed by atoms with van der Waals surface area (Å²) in [7, 11) is -3.40. The van der Waals surface area contributed by atoms with Crippen molar-refractivity contribution >= 4 is 13.3 Å². The van der Waals surface area contributed by atoms with Crippen LogP contribution in [-0.4, -0.2) is 28.8 Å². The molecule has 0 aliphatic heterocycles. The maximum atomic E-state index is 13.5. The molecule has 0 aromatic rings. The van der Waals surface area contributed by atoms with E-state index in [1.165, 1.54) is 25.7 Å². The van der Waals surface area contributed by atoms with E-state index < -0.39 is 13.3 Å². The molecule has 0 heterocycles. The first kappa shape index (κ1) is 25.6. The normalized spacial score (nSPS) is 18.3. The molecule has 3 atom stereocenters. The van der Waals surface area contributed by atoms with Crippen LogP contribution in [0.4, 0.5) is 0 Å². The largest absolute Gasteiger partial charge is 0.411 e. The van der Waals surface area contributed by atoms with Crippen LogP contribution in [0.2, 0.25) is 0 Å². The third kappa shape index (κ3) is 10.7. The van der Waals surface area contributed by atoms with E-state index in [9.17, 15) is 4.57 Å². The summed E-state index contributed by atoms with van der Waals surface area (Å²) < 4.78 is 25.4. The maximum absolute atomic E-state index is 13.5. The van der Waals surface area contributed by atoms with E-state index in [1.54, 1.807) is 13.8 Å². The van der Waals surface area contributed by atoms with Gasteiger partial charge in [0.25, 0.3) is 0 Å². The molecule has 156 valence electrons. The van der Waals surface area contributed by atoms with Crippen LogP contribution in [0.15, 0.2) is 5.16 Å². The molecule has 0 saturated carbocycles. The molecule has 0 rings (SSSR count). The average Bonchev–Trinajstić information content (AvgIpc) is 2.60. The Balaban J connectivity index is 4.82. The topological polar surface area (TPSA) is 68.1 Å². The van der Waals surface area contributed by atoms with Crippen LogP contribution in [-0.2, 0) is 13.6 Å². The quantitative estimate of drug-likeness (QED) is 0.0995. The minimum Gasteiger partial charge on any atom is -0.411 e. The summed E-state index contributed by atoms with van der Waals surface area (Å²) in [5.74, 6) is 0. The van der Waals surface area contributed by atoms with E-state index in [1.807, 2.05) is 13.8 Å². The molecule has 0 saturated heterocycles. The Morgan fingerprint density at radius 1 is 0.885 bits per heavy atom. The molecule has 6 heteroatoms. The first-order valence-corrected chi connectivity index (χ1v) is 12.1. The van der Waals surface area contributed by atoms with E-state index in [2.05, 4.69) is 19.0 Å². The van der Waals surface area contributed by atoms with Crippen molar-refractivity contribution < 1.29 is 18.8 Å². The van der Waals surface area contributed by atoms with Gasteiger partial charge >= 0.3 is 7.60 Å². The SMILES string of the molecule is CCCCCCC(C)OP(=O)(OC(C)CCCCCC)C(C)C(C)=NO. The highest BCUT2D eigenvalue weighted by Crippen LogP contribution is 2.56. The van der Waals surface area contributed by atoms with Gasteiger partial charge in [-0.3, -0.25) is 4.57 Å². The maximum Gasteiger partial charge on any atom is 0.339 e. The fourth-order valence-corrected chi connectivity index (χ4v) is 4.98. The fourth-order valence-electron chi connectivity index (χ4n) is 2.84. The summed E-state index contributed by atoms with van der Waals surface area (Å²) in [4.78, 5) is 0. The van der Waals surface area contributed by atoms with E-state index in [4.69, 9.17) is 14.3 Å². The highest BCUT2D eigenvalue weighted by molar-refractivity contribution is 7.55. The number of nitrogens with zero attached hydrogens (tertiary/aromatic N) is 1. The highest BCUT2D eigenvalue weighted by Gasteiger charge is 2.38. The molecule has 0 aromatic heterocycles.